The van der Waals surface area contributed by atoms with Crippen LogP contribution in [0.1, 0.15) is 66.2 Å². The summed E-state index contributed by atoms with van der Waals surface area (Å²) < 4.78 is 17.1. The SMILES string of the molecule is CC1=C[C@@H](O/C=C2\C(=O)O[C@]34CCC5C(C)(C)CCC[C@]5(C)[C@]23C4)OC1O. The Hall–Kier alpha value is -1.33. The molecular weight excluding hydrogens is 344 g/mol. The maximum atomic E-state index is 12.8. The Morgan fingerprint density at radius 2 is 2.04 bits per heavy atom. The van der Waals surface area contributed by atoms with Gasteiger partial charge < -0.3 is 19.3 Å². The van der Waals surface area contributed by atoms with Gasteiger partial charge in [-0.1, -0.05) is 27.2 Å². The van der Waals surface area contributed by atoms with Crippen LogP contribution in [-0.4, -0.2) is 29.3 Å². The lowest BCUT2D eigenvalue weighted by atomic mass is 9.46. The number of carbonyl (C=O) groups excluding carboxylic acids is 1. The summed E-state index contributed by atoms with van der Waals surface area (Å²) in [6.07, 6.45) is 8.33. The average molecular weight is 374 g/mol. The third-order valence-corrected chi connectivity index (χ3v) is 8.58. The minimum absolute atomic E-state index is 0.0517. The molecule has 2 unspecified atom stereocenters. The minimum atomic E-state index is -0.933. The summed E-state index contributed by atoms with van der Waals surface area (Å²) in [7, 11) is 0. The van der Waals surface area contributed by atoms with E-state index in [1.54, 1.807) is 19.3 Å². The predicted molar refractivity (Wildman–Crippen MR) is 98.1 cm³/mol. The third-order valence-electron chi connectivity index (χ3n) is 8.58. The molecule has 0 aromatic rings. The summed E-state index contributed by atoms with van der Waals surface area (Å²) in [6.45, 7) is 8.96. The summed E-state index contributed by atoms with van der Waals surface area (Å²) >= 11 is 0. The Labute approximate surface area is 160 Å². The normalized spacial score (nSPS) is 51.1. The Bertz CT molecular complexity index is 767. The van der Waals surface area contributed by atoms with Crippen LogP contribution in [0.5, 0.6) is 0 Å². The Balaban J connectivity index is 1.51. The van der Waals surface area contributed by atoms with Crippen molar-refractivity contribution >= 4 is 5.97 Å². The lowest BCUT2D eigenvalue weighted by Gasteiger charge is -2.57. The van der Waals surface area contributed by atoms with E-state index in [1.165, 1.54) is 12.8 Å². The van der Waals surface area contributed by atoms with E-state index in [-0.39, 0.29) is 27.8 Å². The smallest absolute Gasteiger partial charge is 0.338 e. The van der Waals surface area contributed by atoms with Gasteiger partial charge >= 0.3 is 5.97 Å². The first-order valence-corrected chi connectivity index (χ1v) is 10.3. The molecule has 5 rings (SSSR count). The number of hydrogen-bond donors (Lipinski definition) is 1. The van der Waals surface area contributed by atoms with Crippen molar-refractivity contribution < 1.29 is 24.1 Å². The maximum absolute atomic E-state index is 12.8. The molecule has 5 nitrogen and oxygen atoms in total. The summed E-state index contributed by atoms with van der Waals surface area (Å²) in [5.74, 6) is 0.352. The molecule has 5 heteroatoms. The molecule has 5 aliphatic rings. The second-order valence-corrected chi connectivity index (χ2v) is 10.3. The standard InChI is InChI=1S/C22H30O5/c1-13-10-16(26-17(13)23)25-11-14-18(24)27-21-9-6-15-19(2,3)7-5-8-20(15,4)22(14,21)12-21/h10-11,15-17,23H,5-9,12H2,1-4H3/b14-11+/t15?,16-,17?,20-,21-,22-/m0/s1. The highest BCUT2D eigenvalue weighted by molar-refractivity contribution is 5.96. The summed E-state index contributed by atoms with van der Waals surface area (Å²) in [6, 6.07) is 0. The van der Waals surface area contributed by atoms with Crippen LogP contribution in [-0.2, 0) is 19.0 Å². The highest BCUT2D eigenvalue weighted by Crippen LogP contribution is 2.84. The van der Waals surface area contributed by atoms with Crippen LogP contribution in [0.3, 0.4) is 0 Å². The van der Waals surface area contributed by atoms with Crippen molar-refractivity contribution in [2.45, 2.75) is 84.4 Å². The van der Waals surface area contributed by atoms with E-state index >= 15 is 0 Å². The lowest BCUT2D eigenvalue weighted by Crippen LogP contribution is -2.52. The summed E-state index contributed by atoms with van der Waals surface area (Å²) in [5, 5.41) is 9.73. The zero-order valence-corrected chi connectivity index (χ0v) is 16.7. The van der Waals surface area contributed by atoms with Gasteiger partial charge in [0.15, 0.2) is 6.29 Å². The van der Waals surface area contributed by atoms with Crippen molar-refractivity contribution in [2.24, 2.45) is 22.2 Å². The molecule has 2 aliphatic heterocycles. The van der Waals surface area contributed by atoms with Crippen LogP contribution in [0.2, 0.25) is 0 Å². The van der Waals surface area contributed by atoms with Crippen molar-refractivity contribution in [3.8, 4) is 0 Å². The van der Waals surface area contributed by atoms with Crippen LogP contribution in [0.4, 0.5) is 0 Å². The first-order chi connectivity index (χ1) is 12.7. The fourth-order valence-corrected chi connectivity index (χ4v) is 7.28. The highest BCUT2D eigenvalue weighted by Gasteiger charge is 2.86. The quantitative estimate of drug-likeness (QED) is 0.344. The van der Waals surface area contributed by atoms with Gasteiger partial charge in [-0.2, -0.15) is 0 Å². The first-order valence-electron chi connectivity index (χ1n) is 10.3. The van der Waals surface area contributed by atoms with Gasteiger partial charge in [-0.05, 0) is 61.0 Å². The summed E-state index contributed by atoms with van der Waals surface area (Å²) in [4.78, 5) is 12.8. The second kappa shape index (κ2) is 5.18. The molecule has 2 heterocycles. The molecule has 148 valence electrons. The van der Waals surface area contributed by atoms with Crippen molar-refractivity contribution in [3.63, 3.8) is 0 Å². The van der Waals surface area contributed by atoms with Gasteiger partial charge in [0.05, 0.1) is 17.3 Å². The minimum Gasteiger partial charge on any atom is -0.468 e. The number of aliphatic hydroxyl groups is 1. The number of carbonyl (C=O) groups is 1. The van der Waals surface area contributed by atoms with E-state index in [0.717, 1.165) is 31.3 Å². The molecule has 27 heavy (non-hydrogen) atoms. The molecular formula is C22H30O5. The predicted octanol–water partition coefficient (Wildman–Crippen LogP) is 3.82. The van der Waals surface area contributed by atoms with Gasteiger partial charge in [-0.15, -0.1) is 0 Å². The molecule has 0 amide bonds. The lowest BCUT2D eigenvalue weighted by molar-refractivity contribution is -0.155. The number of aliphatic hydroxyl groups excluding tert-OH is 1. The molecule has 1 saturated heterocycles. The fraction of sp³-hybridized carbons (Fsp3) is 0.773. The van der Waals surface area contributed by atoms with E-state index in [1.807, 2.05) is 0 Å². The summed E-state index contributed by atoms with van der Waals surface area (Å²) in [5.41, 5.74) is 1.20. The van der Waals surface area contributed by atoms with E-state index < -0.39 is 12.6 Å². The van der Waals surface area contributed by atoms with Crippen LogP contribution in [0.25, 0.3) is 0 Å². The van der Waals surface area contributed by atoms with Gasteiger partial charge in [0.2, 0.25) is 6.29 Å². The topological polar surface area (TPSA) is 65.0 Å². The van der Waals surface area contributed by atoms with Crippen LogP contribution >= 0.6 is 0 Å². The van der Waals surface area contributed by atoms with Gasteiger partial charge in [0.1, 0.15) is 5.60 Å². The molecule has 0 spiro atoms. The van der Waals surface area contributed by atoms with Gasteiger partial charge in [0.25, 0.3) is 0 Å². The largest absolute Gasteiger partial charge is 0.468 e. The molecule has 0 radical (unpaired) electrons. The van der Waals surface area contributed by atoms with Gasteiger partial charge in [0, 0.05) is 6.42 Å². The molecule has 0 aromatic carbocycles. The Kier molecular flexibility index (Phi) is 3.40. The average Bonchev–Trinajstić information content (AvgIpc) is 3.03. The number of fused-ring (bicyclic) bond motifs is 1. The Morgan fingerprint density at radius 3 is 2.74 bits per heavy atom. The molecule has 3 aliphatic carbocycles. The van der Waals surface area contributed by atoms with Crippen LogP contribution < -0.4 is 0 Å². The monoisotopic (exact) mass is 374 g/mol. The second-order valence-electron chi connectivity index (χ2n) is 10.3. The molecule has 4 fully saturated rings. The third kappa shape index (κ3) is 2.05. The van der Waals surface area contributed by atoms with Crippen LogP contribution in [0.15, 0.2) is 23.5 Å². The number of hydrogen-bond acceptors (Lipinski definition) is 5. The highest BCUT2D eigenvalue weighted by atomic mass is 16.7. The zero-order valence-electron chi connectivity index (χ0n) is 16.7. The van der Waals surface area contributed by atoms with Gasteiger partial charge in [-0.3, -0.25) is 0 Å². The Morgan fingerprint density at radius 1 is 1.26 bits per heavy atom. The molecule has 3 saturated carbocycles. The van der Waals surface area contributed by atoms with Crippen molar-refractivity contribution in [1.82, 2.24) is 0 Å². The zero-order chi connectivity index (χ0) is 19.2. The van der Waals surface area contributed by atoms with E-state index in [9.17, 15) is 9.90 Å². The van der Waals surface area contributed by atoms with Crippen LogP contribution in [0, 0.1) is 22.2 Å². The molecule has 1 N–H and O–H groups in total. The molecule has 0 bridgehead atoms. The first kappa shape index (κ1) is 17.7. The van der Waals surface area contributed by atoms with E-state index in [2.05, 4.69) is 20.8 Å². The van der Waals surface area contributed by atoms with E-state index in [0.29, 0.717) is 11.5 Å². The number of rotatable bonds is 2. The maximum Gasteiger partial charge on any atom is 0.338 e. The van der Waals surface area contributed by atoms with Crippen molar-refractivity contribution in [2.75, 3.05) is 0 Å². The van der Waals surface area contributed by atoms with Gasteiger partial charge in [-0.25, -0.2) is 4.79 Å². The molecule has 0 aromatic heterocycles. The van der Waals surface area contributed by atoms with Crippen molar-refractivity contribution in [1.29, 1.82) is 0 Å². The number of ether oxygens (including phenoxy) is 3. The molecule has 6 atom stereocenters. The van der Waals surface area contributed by atoms with E-state index in [4.69, 9.17) is 14.2 Å². The van der Waals surface area contributed by atoms with Crippen molar-refractivity contribution in [3.05, 3.63) is 23.5 Å². The fourth-order valence-electron chi connectivity index (χ4n) is 7.28. The number of esters is 1.